The second-order valence-electron chi connectivity index (χ2n) is 3.45. The second kappa shape index (κ2) is 6.93. The highest BCUT2D eigenvalue weighted by Crippen LogP contribution is 2.09. The highest BCUT2D eigenvalue weighted by molar-refractivity contribution is 9.10. The van der Waals surface area contributed by atoms with E-state index in [9.17, 15) is 0 Å². The first-order chi connectivity index (χ1) is 7.22. The first-order valence-corrected chi connectivity index (χ1v) is 5.92. The number of nitrogens with zero attached hydrogens (tertiary/aromatic N) is 1. The molecule has 0 saturated carbocycles. The van der Waals surface area contributed by atoms with Crippen molar-refractivity contribution in [3.8, 4) is 0 Å². The fraction of sp³-hybridized carbons (Fsp3) is 0.545. The molecule has 0 fully saturated rings. The van der Waals surface area contributed by atoms with E-state index in [1.165, 1.54) is 5.56 Å². The maximum absolute atomic E-state index is 5.32. The fourth-order valence-corrected chi connectivity index (χ4v) is 1.61. The van der Waals surface area contributed by atoms with Crippen LogP contribution in [0.1, 0.15) is 19.4 Å². The Morgan fingerprint density at radius 1 is 1.53 bits per heavy atom. The average Bonchev–Trinajstić information content (AvgIpc) is 2.23. The van der Waals surface area contributed by atoms with Crippen LogP contribution in [0, 0.1) is 0 Å². The van der Waals surface area contributed by atoms with Gasteiger partial charge in [0.2, 0.25) is 0 Å². The molecule has 0 spiro atoms. The van der Waals surface area contributed by atoms with E-state index in [0.29, 0.717) is 6.04 Å². The Bertz CT molecular complexity index is 294. The third-order valence-corrected chi connectivity index (χ3v) is 2.42. The topological polar surface area (TPSA) is 34.1 Å². The van der Waals surface area contributed by atoms with Crippen LogP contribution in [0.15, 0.2) is 22.9 Å². The molecular weight excluding hydrogens is 256 g/mol. The van der Waals surface area contributed by atoms with Gasteiger partial charge >= 0.3 is 0 Å². The van der Waals surface area contributed by atoms with Gasteiger partial charge in [0.15, 0.2) is 0 Å². The molecule has 1 N–H and O–H groups in total. The van der Waals surface area contributed by atoms with Crippen LogP contribution in [-0.2, 0) is 11.3 Å². The number of nitrogens with one attached hydrogen (secondary N) is 1. The van der Waals surface area contributed by atoms with Gasteiger partial charge in [-0.15, -0.1) is 0 Å². The minimum Gasteiger partial charge on any atom is -0.380 e. The third-order valence-electron chi connectivity index (χ3n) is 1.99. The summed E-state index contributed by atoms with van der Waals surface area (Å²) in [4.78, 5) is 4.11. The summed E-state index contributed by atoms with van der Waals surface area (Å²) in [7, 11) is 0. The van der Waals surface area contributed by atoms with E-state index >= 15 is 0 Å². The third kappa shape index (κ3) is 5.25. The summed E-state index contributed by atoms with van der Waals surface area (Å²) in [6.45, 7) is 6.45. The summed E-state index contributed by atoms with van der Waals surface area (Å²) in [6.07, 6.45) is 3.65. The molecule has 1 unspecified atom stereocenters. The second-order valence-corrected chi connectivity index (χ2v) is 4.37. The van der Waals surface area contributed by atoms with Crippen LogP contribution in [0.5, 0.6) is 0 Å². The Kier molecular flexibility index (Phi) is 5.83. The predicted octanol–water partition coefficient (Wildman–Crippen LogP) is 2.36. The highest BCUT2D eigenvalue weighted by Gasteiger charge is 2.01. The summed E-state index contributed by atoms with van der Waals surface area (Å²) in [6, 6.07) is 2.43. The number of halogens is 1. The molecule has 1 aromatic heterocycles. The van der Waals surface area contributed by atoms with E-state index in [1.54, 1.807) is 6.20 Å². The minimum atomic E-state index is 0.365. The van der Waals surface area contributed by atoms with Crippen LogP contribution in [-0.4, -0.2) is 24.2 Å². The first-order valence-electron chi connectivity index (χ1n) is 5.13. The van der Waals surface area contributed by atoms with Gasteiger partial charge in [-0.3, -0.25) is 4.98 Å². The Balaban J connectivity index is 2.30. The quantitative estimate of drug-likeness (QED) is 0.864. The lowest BCUT2D eigenvalue weighted by molar-refractivity contribution is 0.127. The van der Waals surface area contributed by atoms with E-state index in [-0.39, 0.29) is 0 Å². The lowest BCUT2D eigenvalue weighted by atomic mass is 10.2. The van der Waals surface area contributed by atoms with Gasteiger partial charge < -0.3 is 10.1 Å². The Hall–Kier alpha value is -0.450. The molecule has 15 heavy (non-hydrogen) atoms. The maximum atomic E-state index is 5.32. The van der Waals surface area contributed by atoms with Crippen molar-refractivity contribution in [2.24, 2.45) is 0 Å². The normalized spacial score (nSPS) is 12.7. The van der Waals surface area contributed by atoms with Crippen molar-refractivity contribution < 1.29 is 4.74 Å². The smallest absolute Gasteiger partial charge is 0.0616 e. The molecule has 0 bridgehead atoms. The zero-order valence-electron chi connectivity index (χ0n) is 9.16. The van der Waals surface area contributed by atoms with Crippen molar-refractivity contribution in [2.45, 2.75) is 26.4 Å². The Labute approximate surface area is 99.4 Å². The van der Waals surface area contributed by atoms with Gasteiger partial charge in [0.1, 0.15) is 0 Å². The van der Waals surface area contributed by atoms with Crippen molar-refractivity contribution in [1.82, 2.24) is 10.3 Å². The van der Waals surface area contributed by atoms with Crippen molar-refractivity contribution in [2.75, 3.05) is 13.2 Å². The predicted molar refractivity (Wildman–Crippen MR) is 64.7 cm³/mol. The van der Waals surface area contributed by atoms with Gasteiger partial charge in [-0.2, -0.15) is 0 Å². The zero-order chi connectivity index (χ0) is 11.1. The maximum Gasteiger partial charge on any atom is 0.0616 e. The number of hydrogen-bond acceptors (Lipinski definition) is 3. The van der Waals surface area contributed by atoms with Gasteiger partial charge in [0.25, 0.3) is 0 Å². The van der Waals surface area contributed by atoms with Gasteiger partial charge in [-0.25, -0.2) is 0 Å². The van der Waals surface area contributed by atoms with E-state index in [0.717, 1.165) is 24.2 Å². The van der Waals surface area contributed by atoms with Crippen LogP contribution in [0.2, 0.25) is 0 Å². The number of ether oxygens (including phenoxy) is 1. The SMILES string of the molecule is CCOCC(C)NCc1cncc(Br)c1. The molecule has 0 saturated heterocycles. The standard InChI is InChI=1S/C11H17BrN2O/c1-3-15-8-9(2)14-6-10-4-11(12)7-13-5-10/h4-5,7,9,14H,3,6,8H2,1-2H3. The summed E-state index contributed by atoms with van der Waals surface area (Å²) in [5.74, 6) is 0. The molecule has 1 rings (SSSR count). The molecule has 0 aliphatic heterocycles. The Morgan fingerprint density at radius 2 is 2.33 bits per heavy atom. The summed E-state index contributed by atoms with van der Waals surface area (Å²) >= 11 is 3.40. The van der Waals surface area contributed by atoms with Crippen molar-refractivity contribution in [3.63, 3.8) is 0 Å². The number of pyridine rings is 1. The van der Waals surface area contributed by atoms with Crippen LogP contribution in [0.4, 0.5) is 0 Å². The van der Waals surface area contributed by atoms with E-state index < -0.39 is 0 Å². The molecule has 1 aromatic rings. The molecule has 0 amide bonds. The largest absolute Gasteiger partial charge is 0.380 e. The molecule has 84 valence electrons. The van der Waals surface area contributed by atoms with Gasteiger partial charge in [0.05, 0.1) is 6.61 Å². The first kappa shape index (κ1) is 12.6. The van der Waals surface area contributed by atoms with E-state index in [2.05, 4.69) is 39.2 Å². The van der Waals surface area contributed by atoms with Crippen LogP contribution in [0.3, 0.4) is 0 Å². The van der Waals surface area contributed by atoms with Crippen molar-refractivity contribution >= 4 is 15.9 Å². The lowest BCUT2D eigenvalue weighted by Gasteiger charge is -2.13. The van der Waals surface area contributed by atoms with Crippen LogP contribution in [0.25, 0.3) is 0 Å². The molecule has 0 aliphatic rings. The van der Waals surface area contributed by atoms with Gasteiger partial charge in [-0.05, 0) is 41.4 Å². The molecular formula is C11H17BrN2O. The number of rotatable bonds is 6. The Morgan fingerprint density at radius 3 is 3.00 bits per heavy atom. The van der Waals surface area contributed by atoms with Gasteiger partial charge in [-0.1, -0.05) is 0 Å². The highest BCUT2D eigenvalue weighted by atomic mass is 79.9. The van der Waals surface area contributed by atoms with E-state index in [4.69, 9.17) is 4.74 Å². The lowest BCUT2D eigenvalue weighted by Crippen LogP contribution is -2.30. The van der Waals surface area contributed by atoms with Gasteiger partial charge in [0, 0.05) is 36.1 Å². The molecule has 0 aromatic carbocycles. The van der Waals surface area contributed by atoms with Crippen LogP contribution >= 0.6 is 15.9 Å². The van der Waals surface area contributed by atoms with E-state index in [1.807, 2.05) is 13.1 Å². The molecule has 3 nitrogen and oxygen atoms in total. The molecule has 1 atom stereocenters. The summed E-state index contributed by atoms with van der Waals surface area (Å²) in [5, 5.41) is 3.38. The zero-order valence-corrected chi connectivity index (χ0v) is 10.8. The molecule has 0 radical (unpaired) electrons. The number of hydrogen-bond donors (Lipinski definition) is 1. The van der Waals surface area contributed by atoms with Crippen LogP contribution < -0.4 is 5.32 Å². The number of aromatic nitrogens is 1. The monoisotopic (exact) mass is 272 g/mol. The molecule has 4 heteroatoms. The summed E-state index contributed by atoms with van der Waals surface area (Å²) < 4.78 is 6.33. The molecule has 0 aliphatic carbocycles. The average molecular weight is 273 g/mol. The summed E-state index contributed by atoms with van der Waals surface area (Å²) in [5.41, 5.74) is 1.17. The molecule has 1 heterocycles. The van der Waals surface area contributed by atoms with Crippen molar-refractivity contribution in [1.29, 1.82) is 0 Å². The minimum absolute atomic E-state index is 0.365. The van der Waals surface area contributed by atoms with Crippen molar-refractivity contribution in [3.05, 3.63) is 28.5 Å². The fourth-order valence-electron chi connectivity index (χ4n) is 1.20.